The molecule has 0 saturated carbocycles. The first-order valence-electron chi connectivity index (χ1n) is 6.52. The van der Waals surface area contributed by atoms with E-state index >= 15 is 0 Å². The number of carboxylic acids is 1. The Balaban J connectivity index is 4.12. The summed E-state index contributed by atoms with van der Waals surface area (Å²) in [6.07, 6.45) is -0.341. The summed E-state index contributed by atoms with van der Waals surface area (Å²) < 4.78 is 10.6. The van der Waals surface area contributed by atoms with E-state index in [1.54, 1.807) is 13.8 Å². The van der Waals surface area contributed by atoms with Crippen LogP contribution in [-0.4, -0.2) is 43.0 Å². The van der Waals surface area contributed by atoms with Crippen LogP contribution in [0, 0.1) is 5.41 Å². The number of nitrogens with one attached hydrogen (secondary N) is 1. The summed E-state index contributed by atoms with van der Waals surface area (Å²) in [7, 11) is 0. The molecule has 0 aromatic rings. The van der Waals surface area contributed by atoms with Crippen molar-refractivity contribution in [3.05, 3.63) is 0 Å². The molecule has 6 nitrogen and oxygen atoms in total. The van der Waals surface area contributed by atoms with Gasteiger partial charge < -0.3 is 19.9 Å². The first-order chi connectivity index (χ1) is 8.80. The van der Waals surface area contributed by atoms with Crippen molar-refractivity contribution >= 4 is 11.9 Å². The van der Waals surface area contributed by atoms with Crippen molar-refractivity contribution in [2.24, 2.45) is 5.41 Å². The normalized spacial score (nSPS) is 11.6. The Morgan fingerprint density at radius 3 is 2.11 bits per heavy atom. The lowest BCUT2D eigenvalue weighted by molar-refractivity contribution is -0.143. The number of carbonyl (C=O) groups is 2. The van der Waals surface area contributed by atoms with Crippen LogP contribution in [0.5, 0.6) is 0 Å². The summed E-state index contributed by atoms with van der Waals surface area (Å²) in [5.41, 5.74) is -0.567. The molecule has 6 heteroatoms. The van der Waals surface area contributed by atoms with E-state index in [-0.39, 0.29) is 25.3 Å². The van der Waals surface area contributed by atoms with E-state index in [2.05, 4.69) is 5.32 Å². The molecule has 0 aromatic heterocycles. The minimum atomic E-state index is -0.903. The monoisotopic (exact) mass is 275 g/mol. The predicted molar refractivity (Wildman–Crippen MR) is 70.7 cm³/mol. The second kappa shape index (κ2) is 8.87. The second-order valence-corrected chi connectivity index (χ2v) is 5.06. The Kier molecular flexibility index (Phi) is 8.34. The highest BCUT2D eigenvalue weighted by Gasteiger charge is 2.25. The molecule has 0 aromatic carbocycles. The zero-order valence-corrected chi connectivity index (χ0v) is 12.2. The number of hydrogen-bond acceptors (Lipinski definition) is 4. The Bertz CT molecular complexity index is 285. The topological polar surface area (TPSA) is 84.9 Å². The molecule has 19 heavy (non-hydrogen) atoms. The van der Waals surface area contributed by atoms with Crippen molar-refractivity contribution in [3.8, 4) is 0 Å². The average Bonchev–Trinajstić information content (AvgIpc) is 2.23. The lowest BCUT2D eigenvalue weighted by Gasteiger charge is -2.23. The number of ether oxygens (including phenoxy) is 2. The van der Waals surface area contributed by atoms with Gasteiger partial charge in [0.1, 0.15) is 0 Å². The SMILES string of the molecule is CCOC(CNC(=O)CC(C)(C)CC(=O)O)OCC. The molecule has 0 atom stereocenters. The summed E-state index contributed by atoms with van der Waals surface area (Å²) in [5.74, 6) is -1.10. The first kappa shape index (κ1) is 17.9. The van der Waals surface area contributed by atoms with Gasteiger partial charge in [0.05, 0.1) is 13.0 Å². The lowest BCUT2D eigenvalue weighted by atomic mass is 9.85. The summed E-state index contributed by atoms with van der Waals surface area (Å²) in [5, 5.41) is 11.4. The fourth-order valence-electron chi connectivity index (χ4n) is 1.70. The van der Waals surface area contributed by atoms with Crippen LogP contribution in [0.25, 0.3) is 0 Å². The van der Waals surface area contributed by atoms with Gasteiger partial charge >= 0.3 is 5.97 Å². The molecule has 0 aliphatic heterocycles. The molecule has 0 aliphatic rings. The van der Waals surface area contributed by atoms with E-state index in [1.807, 2.05) is 13.8 Å². The van der Waals surface area contributed by atoms with Crippen molar-refractivity contribution in [1.29, 1.82) is 0 Å². The molecule has 0 saturated heterocycles. The van der Waals surface area contributed by atoms with Crippen LogP contribution in [0.3, 0.4) is 0 Å². The molecular weight excluding hydrogens is 250 g/mol. The Labute approximate surface area is 114 Å². The summed E-state index contributed by atoms with van der Waals surface area (Å²) >= 11 is 0. The molecule has 0 unspecified atom stereocenters. The maximum absolute atomic E-state index is 11.7. The molecule has 2 N–H and O–H groups in total. The van der Waals surface area contributed by atoms with E-state index in [4.69, 9.17) is 14.6 Å². The average molecular weight is 275 g/mol. The van der Waals surface area contributed by atoms with Crippen molar-refractivity contribution in [3.63, 3.8) is 0 Å². The van der Waals surface area contributed by atoms with Crippen molar-refractivity contribution in [1.82, 2.24) is 5.32 Å². The van der Waals surface area contributed by atoms with Gasteiger partial charge in [-0.1, -0.05) is 13.8 Å². The summed E-state index contributed by atoms with van der Waals surface area (Å²) in [6, 6.07) is 0. The highest BCUT2D eigenvalue weighted by Crippen LogP contribution is 2.24. The highest BCUT2D eigenvalue weighted by atomic mass is 16.7. The summed E-state index contributed by atoms with van der Waals surface area (Å²) in [4.78, 5) is 22.4. The van der Waals surface area contributed by atoms with Crippen LogP contribution in [0.15, 0.2) is 0 Å². The van der Waals surface area contributed by atoms with E-state index in [0.717, 1.165) is 0 Å². The Hall–Kier alpha value is -1.14. The van der Waals surface area contributed by atoms with Crippen molar-refractivity contribution < 1.29 is 24.2 Å². The van der Waals surface area contributed by atoms with Crippen molar-refractivity contribution in [2.45, 2.75) is 46.8 Å². The van der Waals surface area contributed by atoms with Gasteiger partial charge in [0.2, 0.25) is 5.91 Å². The number of rotatable bonds is 10. The van der Waals surface area contributed by atoms with Crippen LogP contribution >= 0.6 is 0 Å². The van der Waals surface area contributed by atoms with Gasteiger partial charge in [-0.15, -0.1) is 0 Å². The molecule has 0 rings (SSSR count). The Morgan fingerprint density at radius 1 is 1.16 bits per heavy atom. The van der Waals surface area contributed by atoms with Gasteiger partial charge in [-0.3, -0.25) is 9.59 Å². The Morgan fingerprint density at radius 2 is 1.68 bits per heavy atom. The number of aliphatic carboxylic acids is 1. The minimum absolute atomic E-state index is 0.0409. The largest absolute Gasteiger partial charge is 0.481 e. The maximum Gasteiger partial charge on any atom is 0.303 e. The molecule has 1 amide bonds. The lowest BCUT2D eigenvalue weighted by Crippen LogP contribution is -2.37. The fraction of sp³-hybridized carbons (Fsp3) is 0.846. The van der Waals surface area contributed by atoms with Crippen LogP contribution in [0.2, 0.25) is 0 Å². The van der Waals surface area contributed by atoms with E-state index in [0.29, 0.717) is 13.2 Å². The number of carbonyl (C=O) groups excluding carboxylic acids is 1. The molecule has 0 spiro atoms. The quantitative estimate of drug-likeness (QED) is 0.589. The van der Waals surface area contributed by atoms with Gasteiger partial charge in [0.15, 0.2) is 6.29 Å². The molecule has 0 bridgehead atoms. The third-order valence-corrected chi connectivity index (χ3v) is 2.44. The third-order valence-electron chi connectivity index (χ3n) is 2.44. The van der Waals surface area contributed by atoms with Gasteiger partial charge in [-0.05, 0) is 19.3 Å². The second-order valence-electron chi connectivity index (χ2n) is 5.06. The van der Waals surface area contributed by atoms with Gasteiger partial charge in [0.25, 0.3) is 0 Å². The molecule has 0 aliphatic carbocycles. The minimum Gasteiger partial charge on any atom is -0.481 e. The fourth-order valence-corrected chi connectivity index (χ4v) is 1.70. The van der Waals surface area contributed by atoms with Crippen molar-refractivity contribution in [2.75, 3.05) is 19.8 Å². The third kappa shape index (κ3) is 9.44. The zero-order chi connectivity index (χ0) is 14.9. The highest BCUT2D eigenvalue weighted by molar-refractivity contribution is 5.77. The standard InChI is InChI=1S/C13H25NO5/c1-5-18-12(19-6-2)9-14-10(15)7-13(3,4)8-11(16)17/h12H,5-9H2,1-4H3,(H,14,15)(H,16,17). The number of amides is 1. The summed E-state index contributed by atoms with van der Waals surface area (Å²) in [6.45, 7) is 8.49. The first-order valence-corrected chi connectivity index (χ1v) is 6.52. The molecule has 0 radical (unpaired) electrons. The van der Waals surface area contributed by atoms with Crippen LogP contribution < -0.4 is 5.32 Å². The maximum atomic E-state index is 11.7. The predicted octanol–water partition coefficient (Wildman–Crippen LogP) is 1.39. The van der Waals surface area contributed by atoms with Crippen LogP contribution in [-0.2, 0) is 19.1 Å². The van der Waals surface area contributed by atoms with Gasteiger partial charge in [-0.25, -0.2) is 0 Å². The number of carboxylic acid groups (broad SMARTS) is 1. The molecular formula is C13H25NO5. The van der Waals surface area contributed by atoms with E-state index < -0.39 is 17.7 Å². The smallest absolute Gasteiger partial charge is 0.303 e. The van der Waals surface area contributed by atoms with E-state index in [1.165, 1.54) is 0 Å². The van der Waals surface area contributed by atoms with Crippen LogP contribution in [0.4, 0.5) is 0 Å². The van der Waals surface area contributed by atoms with Crippen LogP contribution in [0.1, 0.15) is 40.5 Å². The van der Waals surface area contributed by atoms with E-state index in [9.17, 15) is 9.59 Å². The number of hydrogen-bond donors (Lipinski definition) is 2. The zero-order valence-electron chi connectivity index (χ0n) is 12.2. The molecule has 0 heterocycles. The van der Waals surface area contributed by atoms with Gasteiger partial charge in [0, 0.05) is 19.6 Å². The molecule has 0 fully saturated rings. The van der Waals surface area contributed by atoms with Gasteiger partial charge in [-0.2, -0.15) is 0 Å². The molecule has 112 valence electrons.